The molecule has 0 bridgehead atoms. The van der Waals surface area contributed by atoms with Gasteiger partial charge in [-0.05, 0) is 56.2 Å². The van der Waals surface area contributed by atoms with E-state index in [1.165, 1.54) is 43.2 Å². The van der Waals surface area contributed by atoms with Gasteiger partial charge in [0.15, 0.2) is 0 Å². The lowest BCUT2D eigenvalue weighted by molar-refractivity contribution is 0.101. The number of nitrogens with one attached hydrogen (secondary N) is 1. The Morgan fingerprint density at radius 3 is 2.45 bits per heavy atom. The van der Waals surface area contributed by atoms with Crippen molar-refractivity contribution in [2.24, 2.45) is 0 Å². The summed E-state index contributed by atoms with van der Waals surface area (Å²) in [6.07, 6.45) is 6.67. The van der Waals surface area contributed by atoms with Crippen LogP contribution in [0.4, 0.5) is 0 Å². The third-order valence-corrected chi connectivity index (χ3v) is 4.40. The average molecular weight is 275 g/mol. The molecule has 2 rings (SSSR count). The van der Waals surface area contributed by atoms with Crippen LogP contribution in [0.3, 0.4) is 0 Å². The first-order valence-corrected chi connectivity index (χ1v) is 8.09. The summed E-state index contributed by atoms with van der Waals surface area (Å²) >= 11 is 0. The molecule has 1 heterocycles. The van der Waals surface area contributed by atoms with Crippen molar-refractivity contribution in [2.75, 3.05) is 13.7 Å². The number of ether oxygens (including phenoxy) is 1. The molecule has 1 aliphatic heterocycles. The Bertz CT molecular complexity index is 379. The molecule has 2 unspecified atom stereocenters. The lowest BCUT2D eigenvalue weighted by atomic mass is 9.96. The van der Waals surface area contributed by atoms with E-state index < -0.39 is 0 Å². The Morgan fingerprint density at radius 1 is 1.20 bits per heavy atom. The molecule has 1 fully saturated rings. The van der Waals surface area contributed by atoms with E-state index in [9.17, 15) is 0 Å². The van der Waals surface area contributed by atoms with Gasteiger partial charge in [-0.25, -0.2) is 0 Å². The van der Waals surface area contributed by atoms with E-state index in [1.807, 2.05) is 0 Å². The van der Waals surface area contributed by atoms with Crippen molar-refractivity contribution in [3.8, 4) is 0 Å². The van der Waals surface area contributed by atoms with Crippen molar-refractivity contribution in [3.05, 3.63) is 35.4 Å². The molecule has 112 valence electrons. The second-order valence-electron chi connectivity index (χ2n) is 6.23. The maximum atomic E-state index is 5.70. The van der Waals surface area contributed by atoms with Gasteiger partial charge in [-0.3, -0.25) is 0 Å². The summed E-state index contributed by atoms with van der Waals surface area (Å²) in [7, 11) is 2.06. The van der Waals surface area contributed by atoms with Crippen molar-refractivity contribution < 1.29 is 4.74 Å². The summed E-state index contributed by atoms with van der Waals surface area (Å²) in [5.74, 6) is 0.608. The molecule has 0 saturated carbocycles. The first-order valence-electron chi connectivity index (χ1n) is 8.09. The van der Waals surface area contributed by atoms with Gasteiger partial charge >= 0.3 is 0 Å². The fraction of sp³-hybridized carbons (Fsp3) is 0.667. The smallest absolute Gasteiger partial charge is 0.0576 e. The van der Waals surface area contributed by atoms with Crippen LogP contribution in [0.15, 0.2) is 24.3 Å². The molecule has 0 aromatic heterocycles. The highest BCUT2D eigenvalue weighted by atomic mass is 16.5. The Hall–Kier alpha value is -0.860. The highest BCUT2D eigenvalue weighted by Crippen LogP contribution is 2.24. The predicted molar refractivity (Wildman–Crippen MR) is 85.2 cm³/mol. The van der Waals surface area contributed by atoms with Crippen LogP contribution in [-0.4, -0.2) is 19.8 Å². The first kappa shape index (κ1) is 15.5. The van der Waals surface area contributed by atoms with E-state index in [2.05, 4.69) is 50.5 Å². The normalized spacial score (nSPS) is 20.5. The van der Waals surface area contributed by atoms with Gasteiger partial charge in [0.05, 0.1) is 6.10 Å². The van der Waals surface area contributed by atoms with Crippen LogP contribution in [0.2, 0.25) is 0 Å². The fourth-order valence-electron chi connectivity index (χ4n) is 3.01. The van der Waals surface area contributed by atoms with E-state index in [1.54, 1.807) is 0 Å². The third-order valence-electron chi connectivity index (χ3n) is 4.40. The molecular weight excluding hydrogens is 246 g/mol. The van der Waals surface area contributed by atoms with Crippen molar-refractivity contribution in [2.45, 2.75) is 64.0 Å². The number of hydrogen-bond donors (Lipinski definition) is 1. The molecule has 2 heteroatoms. The Kier molecular flexibility index (Phi) is 6.06. The molecule has 1 aromatic rings. The third kappa shape index (κ3) is 4.32. The zero-order chi connectivity index (χ0) is 14.4. The summed E-state index contributed by atoms with van der Waals surface area (Å²) in [4.78, 5) is 0. The SMILES string of the molecule is CNC(CCCC1CCCO1)c1ccc(C(C)C)cc1. The maximum absolute atomic E-state index is 5.70. The highest BCUT2D eigenvalue weighted by Gasteiger charge is 2.16. The van der Waals surface area contributed by atoms with Crippen LogP contribution < -0.4 is 5.32 Å². The molecule has 0 radical (unpaired) electrons. The Balaban J connectivity index is 1.83. The fourth-order valence-corrected chi connectivity index (χ4v) is 3.01. The molecule has 1 saturated heterocycles. The van der Waals surface area contributed by atoms with Crippen molar-refractivity contribution in [1.82, 2.24) is 5.32 Å². The zero-order valence-electron chi connectivity index (χ0n) is 13.2. The monoisotopic (exact) mass is 275 g/mol. The molecule has 2 nitrogen and oxygen atoms in total. The molecule has 2 atom stereocenters. The molecule has 1 aliphatic rings. The molecule has 0 amide bonds. The molecule has 0 spiro atoms. The summed E-state index contributed by atoms with van der Waals surface area (Å²) in [6.45, 7) is 5.45. The topological polar surface area (TPSA) is 21.3 Å². The van der Waals surface area contributed by atoms with Crippen LogP contribution in [0.25, 0.3) is 0 Å². The average Bonchev–Trinajstić information content (AvgIpc) is 2.97. The number of benzene rings is 1. The lowest BCUT2D eigenvalue weighted by Gasteiger charge is -2.18. The highest BCUT2D eigenvalue weighted by molar-refractivity contribution is 5.26. The zero-order valence-corrected chi connectivity index (χ0v) is 13.2. The minimum Gasteiger partial charge on any atom is -0.378 e. The van der Waals surface area contributed by atoms with Gasteiger partial charge in [0.1, 0.15) is 0 Å². The maximum Gasteiger partial charge on any atom is 0.0576 e. The lowest BCUT2D eigenvalue weighted by Crippen LogP contribution is -2.17. The van der Waals surface area contributed by atoms with Gasteiger partial charge < -0.3 is 10.1 Å². The summed E-state index contributed by atoms with van der Waals surface area (Å²) in [5.41, 5.74) is 2.83. The summed E-state index contributed by atoms with van der Waals surface area (Å²) < 4.78 is 5.70. The van der Waals surface area contributed by atoms with Crippen molar-refractivity contribution >= 4 is 0 Å². The minimum absolute atomic E-state index is 0.470. The molecule has 0 aliphatic carbocycles. The van der Waals surface area contributed by atoms with Crippen LogP contribution in [0, 0.1) is 0 Å². The molecular formula is C18H29NO. The van der Waals surface area contributed by atoms with Gasteiger partial charge in [0.25, 0.3) is 0 Å². The number of hydrogen-bond acceptors (Lipinski definition) is 2. The van der Waals surface area contributed by atoms with Gasteiger partial charge in [-0.1, -0.05) is 38.1 Å². The van der Waals surface area contributed by atoms with Crippen molar-refractivity contribution in [1.29, 1.82) is 0 Å². The van der Waals surface area contributed by atoms with Gasteiger partial charge in [-0.15, -0.1) is 0 Å². The van der Waals surface area contributed by atoms with E-state index in [0.29, 0.717) is 18.1 Å². The second-order valence-corrected chi connectivity index (χ2v) is 6.23. The molecule has 20 heavy (non-hydrogen) atoms. The van der Waals surface area contributed by atoms with Crippen LogP contribution in [-0.2, 0) is 4.74 Å². The van der Waals surface area contributed by atoms with E-state index in [4.69, 9.17) is 4.74 Å². The van der Waals surface area contributed by atoms with Crippen LogP contribution in [0.5, 0.6) is 0 Å². The van der Waals surface area contributed by atoms with E-state index >= 15 is 0 Å². The summed E-state index contributed by atoms with van der Waals surface area (Å²) in [6, 6.07) is 9.57. The summed E-state index contributed by atoms with van der Waals surface area (Å²) in [5, 5.41) is 3.45. The minimum atomic E-state index is 0.470. The quantitative estimate of drug-likeness (QED) is 0.795. The number of rotatable bonds is 7. The van der Waals surface area contributed by atoms with Crippen LogP contribution >= 0.6 is 0 Å². The van der Waals surface area contributed by atoms with Crippen molar-refractivity contribution in [3.63, 3.8) is 0 Å². The predicted octanol–water partition coefficient (Wildman–Crippen LogP) is 4.42. The van der Waals surface area contributed by atoms with E-state index in [-0.39, 0.29) is 0 Å². The van der Waals surface area contributed by atoms with Gasteiger partial charge in [0, 0.05) is 12.6 Å². The Labute approximate surface area is 123 Å². The largest absolute Gasteiger partial charge is 0.378 e. The van der Waals surface area contributed by atoms with E-state index in [0.717, 1.165) is 6.61 Å². The molecule has 1 aromatic carbocycles. The second kappa shape index (κ2) is 7.80. The molecule has 1 N–H and O–H groups in total. The standard InChI is InChI=1S/C18H29NO/c1-14(2)15-9-11-16(12-10-15)18(19-3)8-4-6-17-7-5-13-20-17/h9-12,14,17-19H,4-8,13H2,1-3H3. The van der Waals surface area contributed by atoms with Crippen LogP contribution in [0.1, 0.15) is 69.0 Å². The van der Waals surface area contributed by atoms with Gasteiger partial charge in [0.2, 0.25) is 0 Å². The Morgan fingerprint density at radius 2 is 1.90 bits per heavy atom. The van der Waals surface area contributed by atoms with Gasteiger partial charge in [-0.2, -0.15) is 0 Å². The first-order chi connectivity index (χ1) is 9.70.